The summed E-state index contributed by atoms with van der Waals surface area (Å²) in [4.78, 5) is 6.09. The SMILES string of the molecule is N#CC(c1ccncc1)N1CC(CN)C1. The molecule has 0 amide bonds. The number of nitrogens with zero attached hydrogens (tertiary/aromatic N) is 3. The van der Waals surface area contributed by atoms with E-state index in [0.717, 1.165) is 18.7 Å². The first-order valence-corrected chi connectivity index (χ1v) is 5.09. The van der Waals surface area contributed by atoms with Gasteiger partial charge in [0.1, 0.15) is 6.04 Å². The zero-order valence-corrected chi connectivity index (χ0v) is 8.50. The molecule has 0 aliphatic carbocycles. The van der Waals surface area contributed by atoms with Crippen molar-refractivity contribution in [1.29, 1.82) is 5.26 Å². The maximum absolute atomic E-state index is 9.13. The molecule has 1 fully saturated rings. The highest BCUT2D eigenvalue weighted by atomic mass is 15.2. The number of aromatic nitrogens is 1. The summed E-state index contributed by atoms with van der Waals surface area (Å²) in [6.07, 6.45) is 3.44. The molecule has 0 spiro atoms. The number of pyridine rings is 1. The molecule has 4 heteroatoms. The maximum Gasteiger partial charge on any atom is 0.123 e. The van der Waals surface area contributed by atoms with E-state index in [2.05, 4.69) is 16.0 Å². The molecular weight excluding hydrogens is 188 g/mol. The number of rotatable bonds is 3. The second-order valence-electron chi connectivity index (χ2n) is 3.87. The van der Waals surface area contributed by atoms with Gasteiger partial charge in [-0.15, -0.1) is 0 Å². The molecule has 1 aliphatic heterocycles. The monoisotopic (exact) mass is 202 g/mol. The Labute approximate surface area is 89.3 Å². The zero-order chi connectivity index (χ0) is 10.7. The zero-order valence-electron chi connectivity index (χ0n) is 8.50. The Kier molecular flexibility index (Phi) is 2.95. The van der Waals surface area contributed by atoms with Gasteiger partial charge < -0.3 is 5.73 Å². The smallest absolute Gasteiger partial charge is 0.123 e. The van der Waals surface area contributed by atoms with Crippen LogP contribution in [0.2, 0.25) is 0 Å². The molecule has 1 atom stereocenters. The summed E-state index contributed by atoms with van der Waals surface area (Å²) in [6.45, 7) is 2.57. The van der Waals surface area contributed by atoms with E-state index in [0.29, 0.717) is 12.5 Å². The van der Waals surface area contributed by atoms with Gasteiger partial charge in [0.15, 0.2) is 0 Å². The Morgan fingerprint density at radius 3 is 2.73 bits per heavy atom. The van der Waals surface area contributed by atoms with E-state index in [1.807, 2.05) is 12.1 Å². The molecule has 1 unspecified atom stereocenters. The fourth-order valence-corrected chi connectivity index (χ4v) is 1.88. The van der Waals surface area contributed by atoms with Crippen molar-refractivity contribution in [3.05, 3.63) is 30.1 Å². The highest BCUT2D eigenvalue weighted by Crippen LogP contribution is 2.27. The van der Waals surface area contributed by atoms with Crippen LogP contribution in [0.15, 0.2) is 24.5 Å². The highest BCUT2D eigenvalue weighted by molar-refractivity contribution is 5.22. The van der Waals surface area contributed by atoms with Gasteiger partial charge in [0.2, 0.25) is 0 Å². The van der Waals surface area contributed by atoms with Crippen LogP contribution in [0.5, 0.6) is 0 Å². The molecular formula is C11H14N4. The van der Waals surface area contributed by atoms with E-state index >= 15 is 0 Å². The molecule has 1 aromatic rings. The number of likely N-dealkylation sites (tertiary alicyclic amines) is 1. The lowest BCUT2D eigenvalue weighted by molar-refractivity contribution is 0.0798. The molecule has 1 aliphatic rings. The van der Waals surface area contributed by atoms with Crippen LogP contribution in [0.25, 0.3) is 0 Å². The Hall–Kier alpha value is -1.44. The van der Waals surface area contributed by atoms with Crippen LogP contribution in [-0.4, -0.2) is 29.5 Å². The van der Waals surface area contributed by atoms with Gasteiger partial charge in [-0.1, -0.05) is 0 Å². The van der Waals surface area contributed by atoms with Gasteiger partial charge in [0.05, 0.1) is 6.07 Å². The first-order valence-electron chi connectivity index (χ1n) is 5.09. The van der Waals surface area contributed by atoms with Crippen molar-refractivity contribution in [2.24, 2.45) is 11.7 Å². The lowest BCUT2D eigenvalue weighted by Crippen LogP contribution is -2.50. The fraction of sp³-hybridized carbons (Fsp3) is 0.455. The normalized spacial score (nSPS) is 19.2. The second-order valence-corrected chi connectivity index (χ2v) is 3.87. The Balaban J connectivity index is 2.04. The van der Waals surface area contributed by atoms with Crippen LogP contribution in [0, 0.1) is 17.2 Å². The Morgan fingerprint density at radius 1 is 1.53 bits per heavy atom. The Morgan fingerprint density at radius 2 is 2.20 bits per heavy atom. The molecule has 2 heterocycles. The summed E-state index contributed by atoms with van der Waals surface area (Å²) in [7, 11) is 0. The topological polar surface area (TPSA) is 65.9 Å². The summed E-state index contributed by atoms with van der Waals surface area (Å²) in [6, 6.07) is 5.96. The predicted octanol–water partition coefficient (Wildman–Crippen LogP) is 0.537. The molecule has 2 rings (SSSR count). The van der Waals surface area contributed by atoms with Crippen molar-refractivity contribution in [2.45, 2.75) is 6.04 Å². The van der Waals surface area contributed by atoms with Crippen molar-refractivity contribution in [2.75, 3.05) is 19.6 Å². The van der Waals surface area contributed by atoms with E-state index in [4.69, 9.17) is 11.0 Å². The average molecular weight is 202 g/mol. The summed E-state index contributed by atoms with van der Waals surface area (Å²) in [5.41, 5.74) is 6.57. The van der Waals surface area contributed by atoms with Gasteiger partial charge >= 0.3 is 0 Å². The lowest BCUT2D eigenvalue weighted by atomic mass is 9.95. The van der Waals surface area contributed by atoms with E-state index < -0.39 is 0 Å². The number of hydrogen-bond acceptors (Lipinski definition) is 4. The standard InChI is InChI=1S/C11H14N4/c12-5-9-7-15(8-9)11(6-13)10-1-3-14-4-2-10/h1-4,9,11H,5,7-8,12H2. The summed E-state index contributed by atoms with van der Waals surface area (Å²) < 4.78 is 0. The molecule has 78 valence electrons. The molecule has 2 N–H and O–H groups in total. The summed E-state index contributed by atoms with van der Waals surface area (Å²) in [5.74, 6) is 0.558. The van der Waals surface area contributed by atoms with E-state index in [1.54, 1.807) is 12.4 Å². The van der Waals surface area contributed by atoms with Gasteiger partial charge in [-0.2, -0.15) is 5.26 Å². The number of hydrogen-bond donors (Lipinski definition) is 1. The minimum Gasteiger partial charge on any atom is -0.330 e. The minimum atomic E-state index is -0.143. The summed E-state index contributed by atoms with van der Waals surface area (Å²) >= 11 is 0. The summed E-state index contributed by atoms with van der Waals surface area (Å²) in [5, 5.41) is 9.13. The largest absolute Gasteiger partial charge is 0.330 e. The molecule has 4 nitrogen and oxygen atoms in total. The van der Waals surface area contributed by atoms with E-state index in [9.17, 15) is 0 Å². The van der Waals surface area contributed by atoms with Gasteiger partial charge in [-0.05, 0) is 30.2 Å². The van der Waals surface area contributed by atoms with Crippen LogP contribution in [0.3, 0.4) is 0 Å². The third-order valence-corrected chi connectivity index (χ3v) is 2.83. The first-order chi connectivity index (χ1) is 7.35. The quantitative estimate of drug-likeness (QED) is 0.776. The molecule has 0 aromatic carbocycles. The Bertz CT molecular complexity index is 351. The van der Waals surface area contributed by atoms with Crippen LogP contribution >= 0.6 is 0 Å². The second kappa shape index (κ2) is 4.39. The number of nitriles is 1. The van der Waals surface area contributed by atoms with Gasteiger partial charge in [0, 0.05) is 25.5 Å². The minimum absolute atomic E-state index is 0.143. The molecule has 0 bridgehead atoms. The highest BCUT2D eigenvalue weighted by Gasteiger charge is 2.32. The van der Waals surface area contributed by atoms with E-state index in [1.165, 1.54) is 0 Å². The number of nitrogens with two attached hydrogens (primary N) is 1. The van der Waals surface area contributed by atoms with Crippen molar-refractivity contribution < 1.29 is 0 Å². The van der Waals surface area contributed by atoms with Gasteiger partial charge in [-0.25, -0.2) is 0 Å². The van der Waals surface area contributed by atoms with Crippen molar-refractivity contribution in [3.63, 3.8) is 0 Å². The van der Waals surface area contributed by atoms with Crippen LogP contribution < -0.4 is 5.73 Å². The third-order valence-electron chi connectivity index (χ3n) is 2.83. The van der Waals surface area contributed by atoms with Crippen LogP contribution in [0.4, 0.5) is 0 Å². The van der Waals surface area contributed by atoms with Gasteiger partial charge in [-0.3, -0.25) is 9.88 Å². The molecule has 1 aromatic heterocycles. The average Bonchev–Trinajstić information content (AvgIpc) is 2.24. The molecule has 0 saturated carbocycles. The maximum atomic E-state index is 9.13. The third kappa shape index (κ3) is 1.99. The van der Waals surface area contributed by atoms with Crippen molar-refractivity contribution >= 4 is 0 Å². The lowest BCUT2D eigenvalue weighted by Gasteiger charge is -2.41. The van der Waals surface area contributed by atoms with Crippen LogP contribution in [0.1, 0.15) is 11.6 Å². The first kappa shape index (κ1) is 10.1. The molecule has 15 heavy (non-hydrogen) atoms. The molecule has 0 radical (unpaired) electrons. The van der Waals surface area contributed by atoms with Crippen molar-refractivity contribution in [1.82, 2.24) is 9.88 Å². The fourth-order valence-electron chi connectivity index (χ4n) is 1.88. The van der Waals surface area contributed by atoms with Crippen molar-refractivity contribution in [3.8, 4) is 6.07 Å². The van der Waals surface area contributed by atoms with E-state index in [-0.39, 0.29) is 6.04 Å². The predicted molar refractivity (Wildman–Crippen MR) is 56.7 cm³/mol. The van der Waals surface area contributed by atoms with Gasteiger partial charge in [0.25, 0.3) is 0 Å². The molecule has 1 saturated heterocycles. The van der Waals surface area contributed by atoms with Crippen LogP contribution in [-0.2, 0) is 0 Å².